The Morgan fingerprint density at radius 3 is 2.96 bits per heavy atom. The molecule has 0 bridgehead atoms. The van der Waals surface area contributed by atoms with Crippen LogP contribution in [0.5, 0.6) is 11.5 Å². The lowest BCUT2D eigenvalue weighted by Gasteiger charge is -2.20. The quantitative estimate of drug-likeness (QED) is 0.596. The first-order valence-corrected chi connectivity index (χ1v) is 9.64. The number of guanidine groups is 1. The van der Waals surface area contributed by atoms with E-state index in [-0.39, 0.29) is 0 Å². The van der Waals surface area contributed by atoms with E-state index in [1.54, 1.807) is 11.3 Å². The van der Waals surface area contributed by atoms with E-state index in [0.717, 1.165) is 36.8 Å². The summed E-state index contributed by atoms with van der Waals surface area (Å²) in [6, 6.07) is 8.07. The van der Waals surface area contributed by atoms with Gasteiger partial charge >= 0.3 is 0 Å². The van der Waals surface area contributed by atoms with Crippen molar-refractivity contribution in [3.05, 3.63) is 45.1 Å². The van der Waals surface area contributed by atoms with E-state index in [9.17, 15) is 0 Å². The Morgan fingerprint density at radius 1 is 1.28 bits per heavy atom. The Labute approximate surface area is 157 Å². The summed E-state index contributed by atoms with van der Waals surface area (Å²) in [5, 5.41) is 9.29. The highest BCUT2D eigenvalue weighted by atomic mass is 35.5. The van der Waals surface area contributed by atoms with E-state index in [1.165, 1.54) is 4.88 Å². The Balaban J connectivity index is 1.56. The van der Waals surface area contributed by atoms with Crippen molar-refractivity contribution >= 4 is 28.9 Å². The van der Waals surface area contributed by atoms with Crippen LogP contribution in [0, 0.1) is 0 Å². The number of benzene rings is 1. The first-order valence-electron chi connectivity index (χ1n) is 8.39. The first-order chi connectivity index (χ1) is 12.3. The van der Waals surface area contributed by atoms with Crippen LogP contribution in [-0.4, -0.2) is 32.3 Å². The van der Waals surface area contributed by atoms with Gasteiger partial charge in [0.2, 0.25) is 0 Å². The fourth-order valence-corrected chi connectivity index (χ4v) is 3.45. The molecule has 1 aromatic heterocycles. The molecule has 25 heavy (non-hydrogen) atoms. The maximum atomic E-state index is 6.28. The van der Waals surface area contributed by atoms with E-state index < -0.39 is 0 Å². The van der Waals surface area contributed by atoms with E-state index in [2.05, 4.69) is 34.0 Å². The largest absolute Gasteiger partial charge is 0.486 e. The maximum absolute atomic E-state index is 6.28. The van der Waals surface area contributed by atoms with Gasteiger partial charge in [0.25, 0.3) is 0 Å². The van der Waals surface area contributed by atoms with Crippen molar-refractivity contribution in [3.8, 4) is 11.5 Å². The van der Waals surface area contributed by atoms with Crippen LogP contribution in [0.4, 0.5) is 0 Å². The minimum Gasteiger partial charge on any atom is -0.486 e. The van der Waals surface area contributed by atoms with Crippen molar-refractivity contribution in [2.75, 3.05) is 26.3 Å². The molecule has 0 atom stereocenters. The van der Waals surface area contributed by atoms with Crippen molar-refractivity contribution < 1.29 is 9.47 Å². The van der Waals surface area contributed by atoms with E-state index in [4.69, 9.17) is 21.1 Å². The molecule has 2 aromatic rings. The van der Waals surface area contributed by atoms with Crippen LogP contribution in [0.15, 0.2) is 34.6 Å². The zero-order valence-electron chi connectivity index (χ0n) is 14.2. The second-order valence-electron chi connectivity index (χ2n) is 5.55. The summed E-state index contributed by atoms with van der Waals surface area (Å²) >= 11 is 8.00. The molecular formula is C18H22ClN3O2S. The Bertz CT molecular complexity index is 719. The Kier molecular flexibility index (Phi) is 6.42. The topological polar surface area (TPSA) is 54.9 Å². The average molecular weight is 380 g/mol. The van der Waals surface area contributed by atoms with Crippen LogP contribution >= 0.6 is 22.9 Å². The number of ether oxygens (including phenoxy) is 2. The van der Waals surface area contributed by atoms with Crippen molar-refractivity contribution in [3.63, 3.8) is 0 Å². The van der Waals surface area contributed by atoms with Crippen LogP contribution in [-0.2, 0) is 13.0 Å². The highest BCUT2D eigenvalue weighted by molar-refractivity contribution is 7.09. The third-order valence-corrected chi connectivity index (χ3v) is 4.82. The molecule has 0 saturated heterocycles. The molecule has 0 amide bonds. The zero-order valence-corrected chi connectivity index (χ0v) is 15.8. The fraction of sp³-hybridized carbons (Fsp3) is 0.389. The van der Waals surface area contributed by atoms with Crippen LogP contribution in [0.1, 0.15) is 17.4 Å². The molecule has 134 valence electrons. The minimum atomic E-state index is 0.542. The maximum Gasteiger partial charge on any atom is 0.191 e. The number of halogens is 1. The standard InChI is InChI=1S/C18H22ClN3O2S/c1-2-20-18(22-12-14-4-3-9-25-14)21-6-5-13-10-15(19)17-16(11-13)23-7-8-24-17/h3-4,9-11H,2,5-8,12H2,1H3,(H2,20,21,22). The molecule has 1 aliphatic rings. The summed E-state index contributed by atoms with van der Waals surface area (Å²) in [5.41, 5.74) is 1.11. The van der Waals surface area contributed by atoms with E-state index >= 15 is 0 Å². The average Bonchev–Trinajstić information content (AvgIpc) is 3.13. The van der Waals surface area contributed by atoms with Crippen molar-refractivity contribution in [2.24, 2.45) is 4.99 Å². The monoisotopic (exact) mass is 379 g/mol. The SMILES string of the molecule is CCNC(=NCc1cccs1)NCCc1cc(Cl)c2c(c1)OCCO2. The summed E-state index contributed by atoms with van der Waals surface area (Å²) in [7, 11) is 0. The Morgan fingerprint density at radius 2 is 2.16 bits per heavy atom. The lowest BCUT2D eigenvalue weighted by Crippen LogP contribution is -2.38. The van der Waals surface area contributed by atoms with Gasteiger partial charge in [-0.3, -0.25) is 0 Å². The molecule has 3 rings (SSSR count). The molecular weight excluding hydrogens is 358 g/mol. The molecule has 0 unspecified atom stereocenters. The van der Waals surface area contributed by atoms with Crippen LogP contribution in [0.2, 0.25) is 5.02 Å². The lowest BCUT2D eigenvalue weighted by atomic mass is 10.1. The molecule has 1 aromatic carbocycles. The number of aliphatic imine (C=N–C) groups is 1. The molecule has 2 heterocycles. The van der Waals surface area contributed by atoms with Gasteiger partial charge in [0.15, 0.2) is 17.5 Å². The van der Waals surface area contributed by atoms with Gasteiger partial charge < -0.3 is 20.1 Å². The van der Waals surface area contributed by atoms with Crippen molar-refractivity contribution in [1.82, 2.24) is 10.6 Å². The number of nitrogens with one attached hydrogen (secondary N) is 2. The van der Waals surface area contributed by atoms with Crippen molar-refractivity contribution in [1.29, 1.82) is 0 Å². The van der Waals surface area contributed by atoms with Gasteiger partial charge in [-0.05, 0) is 42.5 Å². The Hall–Kier alpha value is -1.92. The van der Waals surface area contributed by atoms with Gasteiger partial charge in [-0.1, -0.05) is 17.7 Å². The highest BCUT2D eigenvalue weighted by Gasteiger charge is 2.16. The number of nitrogens with zero attached hydrogens (tertiary/aromatic N) is 1. The molecule has 0 radical (unpaired) electrons. The van der Waals surface area contributed by atoms with Crippen molar-refractivity contribution in [2.45, 2.75) is 19.9 Å². The number of hydrogen-bond acceptors (Lipinski definition) is 4. The minimum absolute atomic E-state index is 0.542. The van der Waals surface area contributed by atoms with Crippen LogP contribution < -0.4 is 20.1 Å². The first kappa shape index (κ1) is 17.9. The second-order valence-corrected chi connectivity index (χ2v) is 6.99. The third-order valence-electron chi connectivity index (χ3n) is 3.68. The normalized spacial score (nSPS) is 13.6. The molecule has 5 nitrogen and oxygen atoms in total. The molecule has 0 saturated carbocycles. The van der Waals surface area contributed by atoms with E-state index in [0.29, 0.717) is 30.5 Å². The third kappa shape index (κ3) is 5.03. The molecule has 0 spiro atoms. The highest BCUT2D eigenvalue weighted by Crippen LogP contribution is 2.38. The summed E-state index contributed by atoms with van der Waals surface area (Å²) in [4.78, 5) is 5.86. The summed E-state index contributed by atoms with van der Waals surface area (Å²) < 4.78 is 11.2. The van der Waals surface area contributed by atoms with Gasteiger partial charge in [0.05, 0.1) is 11.6 Å². The molecule has 0 aliphatic carbocycles. The summed E-state index contributed by atoms with van der Waals surface area (Å²) in [6.07, 6.45) is 0.819. The molecule has 7 heteroatoms. The number of thiophene rings is 1. The van der Waals surface area contributed by atoms with E-state index in [1.807, 2.05) is 18.2 Å². The zero-order chi connectivity index (χ0) is 17.5. The number of rotatable bonds is 6. The van der Waals surface area contributed by atoms with Crippen LogP contribution in [0.3, 0.4) is 0 Å². The fourth-order valence-electron chi connectivity index (χ4n) is 2.54. The smallest absolute Gasteiger partial charge is 0.191 e. The van der Waals surface area contributed by atoms with Crippen LogP contribution in [0.25, 0.3) is 0 Å². The predicted molar refractivity (Wildman–Crippen MR) is 103 cm³/mol. The lowest BCUT2D eigenvalue weighted by molar-refractivity contribution is 0.171. The van der Waals surface area contributed by atoms with Gasteiger partial charge in [-0.2, -0.15) is 0 Å². The predicted octanol–water partition coefficient (Wildman–Crippen LogP) is 3.47. The second kappa shape index (κ2) is 8.97. The molecule has 2 N–H and O–H groups in total. The molecule has 0 fully saturated rings. The number of hydrogen-bond donors (Lipinski definition) is 2. The summed E-state index contributed by atoms with van der Waals surface area (Å²) in [5.74, 6) is 2.20. The van der Waals surface area contributed by atoms with Gasteiger partial charge in [-0.25, -0.2) is 4.99 Å². The van der Waals surface area contributed by atoms with Gasteiger partial charge in [0, 0.05) is 18.0 Å². The molecule has 1 aliphatic heterocycles. The summed E-state index contributed by atoms with van der Waals surface area (Å²) in [6.45, 7) is 5.43. The number of fused-ring (bicyclic) bond motifs is 1. The van der Waals surface area contributed by atoms with Gasteiger partial charge in [-0.15, -0.1) is 11.3 Å². The van der Waals surface area contributed by atoms with Gasteiger partial charge in [0.1, 0.15) is 13.2 Å².